The molecule has 0 aliphatic carbocycles. The fourth-order valence-corrected chi connectivity index (χ4v) is 3.87. The van der Waals surface area contributed by atoms with Crippen LogP contribution in [0.3, 0.4) is 0 Å². The quantitative estimate of drug-likeness (QED) is 0.607. The Labute approximate surface area is 180 Å². The third kappa shape index (κ3) is 5.19. The van der Waals surface area contributed by atoms with Crippen LogP contribution in [-0.2, 0) is 0 Å². The average molecular weight is 427 g/mol. The van der Waals surface area contributed by atoms with Gasteiger partial charge in [0.25, 0.3) is 0 Å². The summed E-state index contributed by atoms with van der Waals surface area (Å²) in [5, 5.41) is 7.44. The second-order valence-corrected chi connectivity index (χ2v) is 8.26. The maximum absolute atomic E-state index is 13.5. The number of nitrogens with zero attached hydrogens (tertiary/aromatic N) is 4. The SMILES string of the molecule is CC(C)Oc1cc(Nc2ncn(-c3cc(F)cc(F)c3)n2)ccc1C1CCN(C)CC1. The molecule has 1 N–H and O–H groups in total. The largest absolute Gasteiger partial charge is 0.491 e. The third-order valence-corrected chi connectivity index (χ3v) is 5.39. The minimum atomic E-state index is -0.667. The summed E-state index contributed by atoms with van der Waals surface area (Å²) in [4.78, 5) is 6.56. The normalized spacial score (nSPS) is 15.4. The highest BCUT2D eigenvalue weighted by Crippen LogP contribution is 2.36. The molecule has 1 fully saturated rings. The summed E-state index contributed by atoms with van der Waals surface area (Å²) in [6.07, 6.45) is 3.68. The molecule has 0 radical (unpaired) electrons. The van der Waals surface area contributed by atoms with Gasteiger partial charge in [0.1, 0.15) is 23.7 Å². The molecule has 1 aromatic heterocycles. The number of anilines is 2. The zero-order valence-electron chi connectivity index (χ0n) is 18.0. The molecule has 2 aromatic carbocycles. The van der Waals surface area contributed by atoms with Crippen LogP contribution < -0.4 is 10.1 Å². The van der Waals surface area contributed by atoms with E-state index in [1.54, 1.807) is 0 Å². The van der Waals surface area contributed by atoms with E-state index in [1.165, 1.54) is 28.7 Å². The average Bonchev–Trinajstić information content (AvgIpc) is 3.16. The lowest BCUT2D eigenvalue weighted by atomic mass is 9.89. The molecule has 2 heterocycles. The Bertz CT molecular complexity index is 1020. The van der Waals surface area contributed by atoms with Gasteiger partial charge in [-0.2, -0.15) is 4.98 Å². The monoisotopic (exact) mass is 427 g/mol. The molecule has 3 aromatic rings. The lowest BCUT2D eigenvalue weighted by Gasteiger charge is -2.30. The number of halogens is 2. The lowest BCUT2D eigenvalue weighted by Crippen LogP contribution is -2.29. The van der Waals surface area contributed by atoms with Gasteiger partial charge in [-0.15, -0.1) is 5.10 Å². The molecule has 1 aliphatic heterocycles. The molecule has 0 spiro atoms. The molecule has 0 amide bonds. The van der Waals surface area contributed by atoms with Crippen LogP contribution in [0.25, 0.3) is 5.69 Å². The zero-order valence-corrected chi connectivity index (χ0v) is 18.0. The van der Waals surface area contributed by atoms with Crippen molar-refractivity contribution in [1.82, 2.24) is 19.7 Å². The van der Waals surface area contributed by atoms with Gasteiger partial charge in [-0.25, -0.2) is 13.5 Å². The number of ether oxygens (including phenoxy) is 1. The highest BCUT2D eigenvalue weighted by molar-refractivity contribution is 5.58. The van der Waals surface area contributed by atoms with Crippen LogP contribution >= 0.6 is 0 Å². The molecular weight excluding hydrogens is 400 g/mol. The molecule has 0 bridgehead atoms. The first-order valence-corrected chi connectivity index (χ1v) is 10.5. The molecule has 31 heavy (non-hydrogen) atoms. The Morgan fingerprint density at radius 1 is 1.06 bits per heavy atom. The van der Waals surface area contributed by atoms with E-state index in [-0.39, 0.29) is 11.8 Å². The Hall–Kier alpha value is -3.00. The molecule has 1 saturated heterocycles. The highest BCUT2D eigenvalue weighted by atomic mass is 19.1. The van der Waals surface area contributed by atoms with E-state index in [0.29, 0.717) is 11.9 Å². The molecule has 8 heteroatoms. The van der Waals surface area contributed by atoms with Gasteiger partial charge in [-0.3, -0.25) is 0 Å². The van der Waals surface area contributed by atoms with Crippen molar-refractivity contribution in [3.63, 3.8) is 0 Å². The summed E-state index contributed by atoms with van der Waals surface area (Å²) in [6, 6.07) is 9.29. The predicted octanol–water partition coefficient (Wildman–Crippen LogP) is 4.89. The Balaban J connectivity index is 1.55. The second-order valence-electron chi connectivity index (χ2n) is 8.26. The van der Waals surface area contributed by atoms with Gasteiger partial charge >= 0.3 is 0 Å². The molecule has 164 valence electrons. The van der Waals surface area contributed by atoms with Gasteiger partial charge in [0, 0.05) is 17.8 Å². The van der Waals surface area contributed by atoms with E-state index in [0.717, 1.165) is 43.4 Å². The zero-order chi connectivity index (χ0) is 22.0. The number of benzene rings is 2. The van der Waals surface area contributed by atoms with Crippen molar-refractivity contribution in [2.45, 2.75) is 38.7 Å². The van der Waals surface area contributed by atoms with Crippen molar-refractivity contribution in [2.24, 2.45) is 0 Å². The van der Waals surface area contributed by atoms with E-state index < -0.39 is 11.6 Å². The molecule has 0 atom stereocenters. The maximum Gasteiger partial charge on any atom is 0.246 e. The van der Waals surface area contributed by atoms with Crippen LogP contribution in [0.4, 0.5) is 20.4 Å². The molecule has 6 nitrogen and oxygen atoms in total. The number of likely N-dealkylation sites (tertiary alicyclic amines) is 1. The van der Waals surface area contributed by atoms with Gasteiger partial charge in [-0.05, 0) is 76.5 Å². The summed E-state index contributed by atoms with van der Waals surface area (Å²) < 4.78 is 34.4. The summed E-state index contributed by atoms with van der Waals surface area (Å²) in [5.74, 6) is 0.326. The lowest BCUT2D eigenvalue weighted by molar-refractivity contribution is 0.227. The van der Waals surface area contributed by atoms with Gasteiger partial charge in [-0.1, -0.05) is 6.07 Å². The van der Waals surface area contributed by atoms with Crippen LogP contribution in [0.1, 0.15) is 38.2 Å². The molecule has 4 rings (SSSR count). The number of aromatic nitrogens is 3. The van der Waals surface area contributed by atoms with E-state index in [4.69, 9.17) is 4.74 Å². The highest BCUT2D eigenvalue weighted by Gasteiger charge is 2.22. The van der Waals surface area contributed by atoms with Crippen LogP contribution in [0, 0.1) is 11.6 Å². The van der Waals surface area contributed by atoms with E-state index in [2.05, 4.69) is 33.4 Å². The summed E-state index contributed by atoms with van der Waals surface area (Å²) in [7, 11) is 2.15. The molecule has 0 unspecified atom stereocenters. The van der Waals surface area contributed by atoms with Crippen LogP contribution in [-0.4, -0.2) is 45.9 Å². The Morgan fingerprint density at radius 3 is 2.45 bits per heavy atom. The van der Waals surface area contributed by atoms with Gasteiger partial charge in [0.15, 0.2) is 0 Å². The fraction of sp³-hybridized carbons (Fsp3) is 0.391. The van der Waals surface area contributed by atoms with Gasteiger partial charge in [0.2, 0.25) is 5.95 Å². The molecular formula is C23H27F2N5O. The number of piperidine rings is 1. The first kappa shape index (κ1) is 21.2. The van der Waals surface area contributed by atoms with Crippen molar-refractivity contribution >= 4 is 11.6 Å². The molecule has 1 aliphatic rings. The standard InChI is InChI=1S/C23H27F2N5O/c1-15(2)31-22-13-19(4-5-21(22)16-6-8-29(3)9-7-16)27-23-26-14-30(28-23)20-11-17(24)10-18(25)12-20/h4-5,10-16H,6-9H2,1-3H3,(H,27,28). The second kappa shape index (κ2) is 9.01. The fourth-order valence-electron chi connectivity index (χ4n) is 3.87. The van der Waals surface area contributed by atoms with E-state index >= 15 is 0 Å². The smallest absolute Gasteiger partial charge is 0.246 e. The third-order valence-electron chi connectivity index (χ3n) is 5.39. The van der Waals surface area contributed by atoms with Crippen molar-refractivity contribution in [3.8, 4) is 11.4 Å². The minimum Gasteiger partial charge on any atom is -0.491 e. The van der Waals surface area contributed by atoms with E-state index in [9.17, 15) is 8.78 Å². The number of nitrogens with one attached hydrogen (secondary N) is 1. The summed E-state index contributed by atoms with van der Waals surface area (Å²) in [6.45, 7) is 6.18. The van der Waals surface area contributed by atoms with Crippen molar-refractivity contribution in [2.75, 3.05) is 25.5 Å². The summed E-state index contributed by atoms with van der Waals surface area (Å²) in [5.41, 5.74) is 2.27. The number of hydrogen-bond donors (Lipinski definition) is 1. The Morgan fingerprint density at radius 2 is 1.77 bits per heavy atom. The first-order valence-electron chi connectivity index (χ1n) is 10.5. The van der Waals surface area contributed by atoms with Crippen LogP contribution in [0.5, 0.6) is 5.75 Å². The Kier molecular flexibility index (Phi) is 6.18. The van der Waals surface area contributed by atoms with Crippen molar-refractivity contribution in [1.29, 1.82) is 0 Å². The van der Waals surface area contributed by atoms with Crippen molar-refractivity contribution < 1.29 is 13.5 Å². The van der Waals surface area contributed by atoms with Crippen molar-refractivity contribution in [3.05, 3.63) is 59.9 Å². The van der Waals surface area contributed by atoms with Gasteiger partial charge < -0.3 is 15.0 Å². The maximum atomic E-state index is 13.5. The minimum absolute atomic E-state index is 0.0560. The van der Waals surface area contributed by atoms with Crippen LogP contribution in [0.15, 0.2) is 42.7 Å². The topological polar surface area (TPSA) is 55.2 Å². The number of rotatable bonds is 6. The van der Waals surface area contributed by atoms with E-state index in [1.807, 2.05) is 26.0 Å². The first-order chi connectivity index (χ1) is 14.9. The van der Waals surface area contributed by atoms with Crippen LogP contribution in [0.2, 0.25) is 0 Å². The summed E-state index contributed by atoms with van der Waals surface area (Å²) >= 11 is 0. The predicted molar refractivity (Wildman–Crippen MR) is 116 cm³/mol. The van der Waals surface area contributed by atoms with Gasteiger partial charge in [0.05, 0.1) is 11.8 Å². The molecule has 0 saturated carbocycles. The number of hydrogen-bond acceptors (Lipinski definition) is 5.